The van der Waals surface area contributed by atoms with E-state index in [1.165, 1.54) is 11.3 Å². The summed E-state index contributed by atoms with van der Waals surface area (Å²) in [7, 11) is -3.78. The number of nitrogens with zero attached hydrogens (tertiary/aromatic N) is 2. The Balaban J connectivity index is 1.80. The van der Waals surface area contributed by atoms with Gasteiger partial charge in [0.05, 0.1) is 15.1 Å². The second-order valence-electron chi connectivity index (χ2n) is 7.12. The Hall–Kier alpha value is -2.55. The number of anilines is 2. The summed E-state index contributed by atoms with van der Waals surface area (Å²) in [6.07, 6.45) is 4.38. The fraction of sp³-hybridized carbons (Fsp3) is 0.200. The third-order valence-corrected chi connectivity index (χ3v) is 6.30. The lowest BCUT2D eigenvalue weighted by Gasteiger charge is -2.13. The lowest BCUT2D eigenvalue weighted by atomic mass is 10.0. The van der Waals surface area contributed by atoms with Gasteiger partial charge in [0.1, 0.15) is 0 Å². The molecule has 0 fully saturated rings. The Bertz CT molecular complexity index is 1280. The highest BCUT2D eigenvalue weighted by Crippen LogP contribution is 2.34. The van der Waals surface area contributed by atoms with E-state index in [1.807, 2.05) is 30.5 Å². The van der Waals surface area contributed by atoms with Crippen molar-refractivity contribution in [3.63, 3.8) is 0 Å². The van der Waals surface area contributed by atoms with E-state index < -0.39 is 10.0 Å². The van der Waals surface area contributed by atoms with Crippen molar-refractivity contribution >= 4 is 53.2 Å². The molecular formula is C20H20N4O2S2. The first-order valence-electron chi connectivity index (χ1n) is 8.87. The molecule has 4 aromatic rings. The third-order valence-electron chi connectivity index (χ3n) is 4.45. The second-order valence-corrected chi connectivity index (χ2v) is 9.71. The number of sulfonamides is 1. The summed E-state index contributed by atoms with van der Waals surface area (Å²) in [5.74, 6) is 0.424. The van der Waals surface area contributed by atoms with Crippen LogP contribution in [0.3, 0.4) is 0 Å². The van der Waals surface area contributed by atoms with Crippen molar-refractivity contribution in [1.29, 1.82) is 0 Å². The number of hydrogen-bond donors (Lipinski definition) is 2. The standard InChI is InChI=1S/C20H20N4O2S2/c1-12(2)9-13-3-5-15(28(21,25)26)10-17(13)23-20-24-19-16-7-8-22-11-14(16)4-6-18(19)27-20/h3-8,10-12H,9H2,1-2H3,(H,23,24)(H2,21,25,26). The maximum atomic E-state index is 11.8. The molecule has 4 rings (SSSR count). The molecule has 2 heterocycles. The van der Waals surface area contributed by atoms with E-state index in [9.17, 15) is 8.42 Å². The molecule has 0 aliphatic rings. The lowest BCUT2D eigenvalue weighted by Crippen LogP contribution is -2.13. The molecule has 0 saturated heterocycles. The summed E-state index contributed by atoms with van der Waals surface area (Å²) in [4.78, 5) is 8.99. The predicted molar refractivity (Wildman–Crippen MR) is 115 cm³/mol. The van der Waals surface area contributed by atoms with Crippen LogP contribution in [0.2, 0.25) is 0 Å². The fourth-order valence-electron chi connectivity index (χ4n) is 3.19. The van der Waals surface area contributed by atoms with Crippen molar-refractivity contribution in [3.8, 4) is 0 Å². The van der Waals surface area contributed by atoms with Gasteiger partial charge in [-0.25, -0.2) is 18.5 Å². The first-order valence-corrected chi connectivity index (χ1v) is 11.2. The smallest absolute Gasteiger partial charge is 0.238 e. The highest BCUT2D eigenvalue weighted by atomic mass is 32.2. The molecule has 0 spiro atoms. The van der Waals surface area contributed by atoms with E-state index in [-0.39, 0.29) is 4.90 Å². The van der Waals surface area contributed by atoms with Gasteiger partial charge in [0.2, 0.25) is 10.0 Å². The first kappa shape index (κ1) is 18.8. The summed E-state index contributed by atoms with van der Waals surface area (Å²) >= 11 is 1.52. The van der Waals surface area contributed by atoms with Gasteiger partial charge in [-0.05, 0) is 42.2 Å². The molecule has 0 atom stereocenters. The number of benzene rings is 2. The fourth-order valence-corrected chi connectivity index (χ4v) is 4.63. The summed E-state index contributed by atoms with van der Waals surface area (Å²) in [6, 6.07) is 11.0. The van der Waals surface area contributed by atoms with Gasteiger partial charge in [-0.3, -0.25) is 4.98 Å². The van der Waals surface area contributed by atoms with Gasteiger partial charge in [0, 0.05) is 28.9 Å². The number of thiazole rings is 1. The number of nitrogens with one attached hydrogen (secondary N) is 1. The van der Waals surface area contributed by atoms with Gasteiger partial charge in [0.25, 0.3) is 0 Å². The van der Waals surface area contributed by atoms with Crippen LogP contribution in [0.15, 0.2) is 53.7 Å². The van der Waals surface area contributed by atoms with Gasteiger partial charge in [-0.15, -0.1) is 0 Å². The van der Waals surface area contributed by atoms with Crippen LogP contribution in [-0.2, 0) is 16.4 Å². The Kier molecular flexibility index (Phi) is 4.78. The van der Waals surface area contributed by atoms with Crippen molar-refractivity contribution < 1.29 is 8.42 Å². The predicted octanol–water partition coefficient (Wildman–Crippen LogP) is 4.43. The first-order chi connectivity index (χ1) is 13.3. The summed E-state index contributed by atoms with van der Waals surface area (Å²) in [5.41, 5.74) is 2.64. The number of fused-ring (bicyclic) bond motifs is 3. The molecule has 0 bridgehead atoms. The topological polar surface area (TPSA) is 98.0 Å². The lowest BCUT2D eigenvalue weighted by molar-refractivity contribution is 0.597. The molecule has 0 aliphatic carbocycles. The van der Waals surface area contributed by atoms with Crippen molar-refractivity contribution in [2.24, 2.45) is 11.1 Å². The monoisotopic (exact) mass is 412 g/mol. The van der Waals surface area contributed by atoms with E-state index >= 15 is 0 Å². The Labute approximate surface area is 167 Å². The molecule has 3 N–H and O–H groups in total. The Morgan fingerprint density at radius 3 is 2.75 bits per heavy atom. The van der Waals surface area contributed by atoms with Crippen molar-refractivity contribution in [1.82, 2.24) is 9.97 Å². The zero-order valence-corrected chi connectivity index (χ0v) is 17.1. The maximum absolute atomic E-state index is 11.8. The molecule has 144 valence electrons. The van der Waals surface area contributed by atoms with E-state index in [2.05, 4.69) is 24.1 Å². The van der Waals surface area contributed by atoms with E-state index in [1.54, 1.807) is 18.3 Å². The quantitative estimate of drug-likeness (QED) is 0.505. The molecule has 0 radical (unpaired) electrons. The number of aromatic nitrogens is 2. The highest BCUT2D eigenvalue weighted by molar-refractivity contribution is 7.89. The Morgan fingerprint density at radius 1 is 1.18 bits per heavy atom. The van der Waals surface area contributed by atoms with Gasteiger partial charge in [0.15, 0.2) is 5.13 Å². The van der Waals surface area contributed by atoms with Gasteiger partial charge >= 0.3 is 0 Å². The van der Waals surface area contributed by atoms with Gasteiger partial charge < -0.3 is 5.32 Å². The normalized spacial score (nSPS) is 12.1. The second kappa shape index (κ2) is 7.12. The van der Waals surface area contributed by atoms with Crippen LogP contribution in [0, 0.1) is 5.92 Å². The largest absolute Gasteiger partial charge is 0.331 e. The average Bonchev–Trinajstić information content (AvgIpc) is 3.05. The minimum atomic E-state index is -3.78. The van der Waals surface area contributed by atoms with Crippen LogP contribution in [0.25, 0.3) is 21.0 Å². The number of pyridine rings is 1. The summed E-state index contributed by atoms with van der Waals surface area (Å²) in [5, 5.41) is 11.4. The molecule has 2 aromatic carbocycles. The van der Waals surface area contributed by atoms with Crippen LogP contribution >= 0.6 is 11.3 Å². The average molecular weight is 413 g/mol. The molecule has 0 unspecified atom stereocenters. The molecule has 0 aliphatic heterocycles. The zero-order valence-electron chi connectivity index (χ0n) is 15.5. The summed E-state index contributed by atoms with van der Waals surface area (Å²) in [6.45, 7) is 4.24. The van der Waals surface area contributed by atoms with Gasteiger partial charge in [-0.1, -0.05) is 37.3 Å². The molecule has 0 saturated carbocycles. The number of primary sulfonamides is 1. The van der Waals surface area contributed by atoms with Crippen molar-refractivity contribution in [2.75, 3.05) is 5.32 Å². The molecule has 8 heteroatoms. The van der Waals surface area contributed by atoms with Crippen LogP contribution in [0.5, 0.6) is 0 Å². The van der Waals surface area contributed by atoms with Gasteiger partial charge in [-0.2, -0.15) is 0 Å². The number of hydrogen-bond acceptors (Lipinski definition) is 6. The van der Waals surface area contributed by atoms with E-state index in [0.717, 1.165) is 33.0 Å². The SMILES string of the molecule is CC(C)Cc1ccc(S(N)(=O)=O)cc1Nc1nc2c(ccc3cnccc32)s1. The molecule has 28 heavy (non-hydrogen) atoms. The molecule has 2 aromatic heterocycles. The highest BCUT2D eigenvalue weighted by Gasteiger charge is 2.15. The van der Waals surface area contributed by atoms with E-state index in [4.69, 9.17) is 10.1 Å². The minimum Gasteiger partial charge on any atom is -0.331 e. The van der Waals surface area contributed by atoms with Crippen LogP contribution in [0.1, 0.15) is 19.4 Å². The minimum absolute atomic E-state index is 0.0835. The third kappa shape index (κ3) is 3.71. The maximum Gasteiger partial charge on any atom is 0.238 e. The van der Waals surface area contributed by atoms with Crippen molar-refractivity contribution in [3.05, 3.63) is 54.4 Å². The van der Waals surface area contributed by atoms with Crippen LogP contribution in [-0.4, -0.2) is 18.4 Å². The van der Waals surface area contributed by atoms with Crippen molar-refractivity contribution in [2.45, 2.75) is 25.2 Å². The van der Waals surface area contributed by atoms with Crippen LogP contribution in [0.4, 0.5) is 10.8 Å². The molecular weight excluding hydrogens is 392 g/mol. The van der Waals surface area contributed by atoms with E-state index in [0.29, 0.717) is 16.7 Å². The number of nitrogens with two attached hydrogens (primary N) is 1. The number of rotatable bonds is 5. The zero-order chi connectivity index (χ0) is 19.9. The molecule has 0 amide bonds. The Morgan fingerprint density at radius 2 is 2.00 bits per heavy atom. The van der Waals surface area contributed by atoms with Crippen LogP contribution < -0.4 is 10.5 Å². The summed E-state index contributed by atoms with van der Waals surface area (Å²) < 4.78 is 24.6. The molecule has 6 nitrogen and oxygen atoms in total.